The molecule has 0 aromatic heterocycles. The molecule has 0 radical (unpaired) electrons. The van der Waals surface area contributed by atoms with Gasteiger partial charge in [0.05, 0.1) is 5.69 Å². The number of halogens is 1. The molecule has 0 heterocycles. The van der Waals surface area contributed by atoms with Crippen LogP contribution in [-0.4, -0.2) is 30.6 Å². The van der Waals surface area contributed by atoms with Crippen molar-refractivity contribution in [3.63, 3.8) is 0 Å². The van der Waals surface area contributed by atoms with Gasteiger partial charge in [0.25, 0.3) is 0 Å². The number of nitrogens with two attached hydrogens (primary N) is 1. The first-order valence-electron chi connectivity index (χ1n) is 5.44. The highest BCUT2D eigenvalue weighted by Gasteiger charge is 2.09. The molecule has 0 bridgehead atoms. The molecule has 0 unspecified atom stereocenters. The smallest absolute Gasteiger partial charge is 0.303 e. The predicted octanol–water partition coefficient (Wildman–Crippen LogP) is 1.85. The Hall–Kier alpha value is -1.56. The van der Waals surface area contributed by atoms with E-state index in [1.165, 1.54) is 0 Å². The summed E-state index contributed by atoms with van der Waals surface area (Å²) in [6, 6.07) is 5.09. The maximum atomic E-state index is 11.0. The third-order valence-corrected chi connectivity index (χ3v) is 3.16. The monoisotopic (exact) mass is 314 g/mol. The first-order valence-corrected chi connectivity index (χ1v) is 6.23. The lowest BCUT2D eigenvalue weighted by Gasteiger charge is -2.20. The van der Waals surface area contributed by atoms with Gasteiger partial charge >= 0.3 is 5.97 Å². The van der Waals surface area contributed by atoms with E-state index in [9.17, 15) is 9.59 Å². The van der Waals surface area contributed by atoms with Crippen LogP contribution < -0.4 is 10.6 Å². The summed E-state index contributed by atoms with van der Waals surface area (Å²) < 4.78 is 0.761. The highest BCUT2D eigenvalue weighted by Crippen LogP contribution is 2.26. The summed E-state index contributed by atoms with van der Waals surface area (Å²) in [5.41, 5.74) is 6.51. The van der Waals surface area contributed by atoms with Crippen LogP contribution in [0, 0.1) is 0 Å². The van der Waals surface area contributed by atoms with Crippen LogP contribution in [-0.2, 0) is 4.79 Å². The van der Waals surface area contributed by atoms with Crippen molar-refractivity contribution in [2.45, 2.75) is 12.8 Å². The fraction of sp³-hybridized carbons (Fsp3) is 0.333. The number of amides is 1. The van der Waals surface area contributed by atoms with Gasteiger partial charge < -0.3 is 15.7 Å². The van der Waals surface area contributed by atoms with Crippen LogP contribution in [0.25, 0.3) is 0 Å². The molecule has 0 spiro atoms. The van der Waals surface area contributed by atoms with E-state index >= 15 is 0 Å². The summed E-state index contributed by atoms with van der Waals surface area (Å²) in [4.78, 5) is 23.4. The normalized spacial score (nSPS) is 10.1. The van der Waals surface area contributed by atoms with Gasteiger partial charge in [0.1, 0.15) is 0 Å². The van der Waals surface area contributed by atoms with Gasteiger partial charge in [-0.2, -0.15) is 0 Å². The van der Waals surface area contributed by atoms with Crippen LogP contribution in [0.2, 0.25) is 0 Å². The number of rotatable bonds is 6. The number of carboxylic acid groups (broad SMARTS) is 1. The van der Waals surface area contributed by atoms with Crippen molar-refractivity contribution < 1.29 is 14.7 Å². The molecular weight excluding hydrogens is 300 g/mol. The van der Waals surface area contributed by atoms with Crippen LogP contribution in [0.4, 0.5) is 5.69 Å². The number of nitrogens with zero attached hydrogens (tertiary/aromatic N) is 1. The predicted molar refractivity (Wildman–Crippen MR) is 72.8 cm³/mol. The number of hydrogen-bond acceptors (Lipinski definition) is 3. The molecule has 98 valence electrons. The molecule has 1 aromatic rings. The zero-order chi connectivity index (χ0) is 13.7. The third-order valence-electron chi connectivity index (χ3n) is 2.53. The van der Waals surface area contributed by atoms with Crippen LogP contribution in [0.5, 0.6) is 0 Å². The minimum Gasteiger partial charge on any atom is -0.481 e. The Balaban J connectivity index is 2.71. The van der Waals surface area contributed by atoms with E-state index in [1.54, 1.807) is 18.2 Å². The van der Waals surface area contributed by atoms with Crippen molar-refractivity contribution in [1.82, 2.24) is 0 Å². The molecule has 0 saturated heterocycles. The van der Waals surface area contributed by atoms with Crippen molar-refractivity contribution >= 4 is 33.5 Å². The van der Waals surface area contributed by atoms with Gasteiger partial charge in [-0.1, -0.05) is 0 Å². The molecule has 0 saturated carbocycles. The SMILES string of the molecule is CN(CCCC(=O)O)c1ccc(C(N)=O)cc1Br. The summed E-state index contributed by atoms with van der Waals surface area (Å²) in [6.07, 6.45) is 0.706. The largest absolute Gasteiger partial charge is 0.481 e. The van der Waals surface area contributed by atoms with Crippen molar-refractivity contribution in [2.75, 3.05) is 18.5 Å². The van der Waals surface area contributed by atoms with Gasteiger partial charge in [-0.25, -0.2) is 0 Å². The third kappa shape index (κ3) is 4.03. The second-order valence-corrected chi connectivity index (χ2v) is 4.80. The average molecular weight is 315 g/mol. The van der Waals surface area contributed by atoms with E-state index in [0.717, 1.165) is 10.2 Å². The van der Waals surface area contributed by atoms with Gasteiger partial charge in [-0.3, -0.25) is 9.59 Å². The van der Waals surface area contributed by atoms with Crippen LogP contribution in [0.15, 0.2) is 22.7 Å². The Morgan fingerprint density at radius 2 is 2.11 bits per heavy atom. The molecule has 0 fully saturated rings. The second kappa shape index (κ2) is 6.39. The topological polar surface area (TPSA) is 83.6 Å². The summed E-state index contributed by atoms with van der Waals surface area (Å²) in [5.74, 6) is -1.28. The standard InChI is InChI=1S/C12H15BrN2O3/c1-15(6-2-3-11(16)17)10-5-4-8(12(14)18)7-9(10)13/h4-5,7H,2-3,6H2,1H3,(H2,14,18)(H,16,17). The van der Waals surface area contributed by atoms with Gasteiger partial charge in [-0.05, 0) is 40.5 Å². The minimum absolute atomic E-state index is 0.140. The molecule has 1 aromatic carbocycles. The first kappa shape index (κ1) is 14.5. The number of carbonyl (C=O) groups excluding carboxylic acids is 1. The molecule has 0 aliphatic heterocycles. The lowest BCUT2D eigenvalue weighted by atomic mass is 10.2. The lowest BCUT2D eigenvalue weighted by Crippen LogP contribution is -2.20. The summed E-state index contributed by atoms with van der Waals surface area (Å²) >= 11 is 3.37. The first-order chi connectivity index (χ1) is 8.41. The molecule has 3 N–H and O–H groups in total. The number of primary amides is 1. The Kier molecular flexibility index (Phi) is 5.15. The van der Waals surface area contributed by atoms with Gasteiger partial charge in [-0.15, -0.1) is 0 Å². The van der Waals surface area contributed by atoms with E-state index in [2.05, 4.69) is 15.9 Å². The maximum Gasteiger partial charge on any atom is 0.303 e. The fourth-order valence-corrected chi connectivity index (χ4v) is 2.24. The highest BCUT2D eigenvalue weighted by molar-refractivity contribution is 9.10. The fourth-order valence-electron chi connectivity index (χ4n) is 1.56. The van der Waals surface area contributed by atoms with Crippen LogP contribution >= 0.6 is 15.9 Å². The summed E-state index contributed by atoms with van der Waals surface area (Å²) in [7, 11) is 1.87. The molecule has 5 nitrogen and oxygen atoms in total. The van der Waals surface area contributed by atoms with Gasteiger partial charge in [0, 0.05) is 30.0 Å². The number of aliphatic carboxylic acids is 1. The van der Waals surface area contributed by atoms with Crippen LogP contribution in [0.3, 0.4) is 0 Å². The number of carboxylic acids is 1. The van der Waals surface area contributed by atoms with Crippen molar-refractivity contribution in [3.8, 4) is 0 Å². The number of hydrogen-bond donors (Lipinski definition) is 2. The Labute approximate surface area is 114 Å². The molecular formula is C12H15BrN2O3. The minimum atomic E-state index is -0.799. The Bertz CT molecular complexity index is 463. The van der Waals surface area contributed by atoms with Gasteiger partial charge in [0.15, 0.2) is 0 Å². The number of carbonyl (C=O) groups is 2. The average Bonchev–Trinajstić information content (AvgIpc) is 2.27. The quantitative estimate of drug-likeness (QED) is 0.839. The van der Waals surface area contributed by atoms with E-state index in [-0.39, 0.29) is 6.42 Å². The molecule has 0 aliphatic carbocycles. The molecule has 0 atom stereocenters. The molecule has 1 amide bonds. The number of benzene rings is 1. The molecule has 6 heteroatoms. The van der Waals surface area contributed by atoms with Crippen molar-refractivity contribution in [2.24, 2.45) is 5.73 Å². The molecule has 0 aliphatic rings. The van der Waals surface area contributed by atoms with Gasteiger partial charge in [0.2, 0.25) is 5.91 Å². The molecule has 1 rings (SSSR count). The van der Waals surface area contributed by atoms with E-state index in [4.69, 9.17) is 10.8 Å². The zero-order valence-corrected chi connectivity index (χ0v) is 11.6. The van der Waals surface area contributed by atoms with E-state index in [0.29, 0.717) is 18.5 Å². The van der Waals surface area contributed by atoms with E-state index < -0.39 is 11.9 Å². The molecule has 18 heavy (non-hydrogen) atoms. The highest BCUT2D eigenvalue weighted by atomic mass is 79.9. The van der Waals surface area contributed by atoms with E-state index in [1.807, 2.05) is 11.9 Å². The Morgan fingerprint density at radius 3 is 2.61 bits per heavy atom. The lowest BCUT2D eigenvalue weighted by molar-refractivity contribution is -0.137. The Morgan fingerprint density at radius 1 is 1.44 bits per heavy atom. The summed E-state index contributed by atoms with van der Waals surface area (Å²) in [6.45, 7) is 0.626. The van der Waals surface area contributed by atoms with Crippen LogP contribution in [0.1, 0.15) is 23.2 Å². The number of anilines is 1. The van der Waals surface area contributed by atoms with Crippen molar-refractivity contribution in [3.05, 3.63) is 28.2 Å². The zero-order valence-electron chi connectivity index (χ0n) is 10.0. The summed E-state index contributed by atoms with van der Waals surface area (Å²) in [5, 5.41) is 8.57. The van der Waals surface area contributed by atoms with Crippen molar-refractivity contribution in [1.29, 1.82) is 0 Å². The second-order valence-electron chi connectivity index (χ2n) is 3.95. The maximum absolute atomic E-state index is 11.0.